The number of phenols is 1. The lowest BCUT2D eigenvalue weighted by atomic mass is 10.1. The number of rotatable bonds is 5. The standard InChI is InChI=1S/C15H13BrO2S/c16-12-3-7-15(8-4-12)19-10-14(18)9-11-1-5-13(17)6-2-11/h1-8,17H,9-10H2. The Balaban J connectivity index is 1.84. The second-order valence-corrected chi connectivity index (χ2v) is 6.09. The van der Waals surface area contributed by atoms with Crippen LogP contribution in [0.5, 0.6) is 5.75 Å². The molecule has 0 radical (unpaired) electrons. The highest BCUT2D eigenvalue weighted by Crippen LogP contribution is 2.21. The normalized spacial score (nSPS) is 10.4. The van der Waals surface area contributed by atoms with Gasteiger partial charge >= 0.3 is 0 Å². The lowest BCUT2D eigenvalue weighted by molar-refractivity contribution is -0.116. The average Bonchev–Trinajstić information content (AvgIpc) is 2.41. The molecule has 0 saturated carbocycles. The van der Waals surface area contributed by atoms with Crippen LogP contribution in [0.1, 0.15) is 5.56 Å². The molecule has 2 nitrogen and oxygen atoms in total. The molecule has 0 bridgehead atoms. The van der Waals surface area contributed by atoms with Crippen LogP contribution in [0.3, 0.4) is 0 Å². The quantitative estimate of drug-likeness (QED) is 0.836. The smallest absolute Gasteiger partial charge is 0.147 e. The maximum Gasteiger partial charge on any atom is 0.147 e. The van der Waals surface area contributed by atoms with Gasteiger partial charge in [-0.2, -0.15) is 0 Å². The third kappa shape index (κ3) is 4.73. The summed E-state index contributed by atoms with van der Waals surface area (Å²) in [6.07, 6.45) is 0.407. The molecular weight excluding hydrogens is 324 g/mol. The van der Waals surface area contributed by atoms with Crippen molar-refractivity contribution in [3.8, 4) is 5.75 Å². The number of aromatic hydroxyl groups is 1. The van der Waals surface area contributed by atoms with Crippen LogP contribution in [0.2, 0.25) is 0 Å². The number of carbonyl (C=O) groups is 1. The van der Waals surface area contributed by atoms with Crippen LogP contribution in [0.4, 0.5) is 0 Å². The molecule has 0 saturated heterocycles. The molecule has 1 N–H and O–H groups in total. The average molecular weight is 337 g/mol. The Hall–Kier alpha value is -1.26. The second-order valence-electron chi connectivity index (χ2n) is 4.12. The summed E-state index contributed by atoms with van der Waals surface area (Å²) < 4.78 is 1.03. The largest absolute Gasteiger partial charge is 0.508 e. The molecule has 0 amide bonds. The molecule has 0 spiro atoms. The third-order valence-electron chi connectivity index (χ3n) is 2.55. The highest BCUT2D eigenvalue weighted by Gasteiger charge is 2.05. The first-order valence-electron chi connectivity index (χ1n) is 5.81. The summed E-state index contributed by atoms with van der Waals surface area (Å²) in [7, 11) is 0. The first kappa shape index (κ1) is 14.2. The number of benzene rings is 2. The predicted molar refractivity (Wildman–Crippen MR) is 81.7 cm³/mol. The number of carbonyl (C=O) groups excluding carboxylic acids is 1. The first-order chi connectivity index (χ1) is 9.13. The van der Waals surface area contributed by atoms with Gasteiger partial charge in [-0.25, -0.2) is 0 Å². The van der Waals surface area contributed by atoms with Gasteiger partial charge in [0.15, 0.2) is 0 Å². The van der Waals surface area contributed by atoms with Crippen molar-refractivity contribution in [2.75, 3.05) is 5.75 Å². The minimum Gasteiger partial charge on any atom is -0.508 e. The summed E-state index contributed by atoms with van der Waals surface area (Å²) in [4.78, 5) is 12.9. The van der Waals surface area contributed by atoms with Crippen LogP contribution in [0.25, 0.3) is 0 Å². The van der Waals surface area contributed by atoms with E-state index in [4.69, 9.17) is 0 Å². The van der Waals surface area contributed by atoms with Crippen LogP contribution in [-0.4, -0.2) is 16.6 Å². The molecular formula is C15H13BrO2S. The van der Waals surface area contributed by atoms with Gasteiger partial charge in [0, 0.05) is 15.8 Å². The molecule has 0 aromatic heterocycles. The van der Waals surface area contributed by atoms with E-state index in [9.17, 15) is 9.90 Å². The fourth-order valence-corrected chi connectivity index (χ4v) is 2.61. The third-order valence-corrected chi connectivity index (χ3v) is 4.15. The van der Waals surface area contributed by atoms with Gasteiger partial charge in [0.2, 0.25) is 0 Å². The Kier molecular flexibility index (Phi) is 5.05. The van der Waals surface area contributed by atoms with E-state index in [1.165, 1.54) is 11.8 Å². The van der Waals surface area contributed by atoms with Crippen LogP contribution < -0.4 is 0 Å². The number of phenolic OH excluding ortho intramolecular Hbond substituents is 1. The van der Waals surface area contributed by atoms with E-state index in [2.05, 4.69) is 15.9 Å². The van der Waals surface area contributed by atoms with E-state index in [1.807, 2.05) is 24.3 Å². The van der Waals surface area contributed by atoms with Crippen molar-refractivity contribution in [1.29, 1.82) is 0 Å². The summed E-state index contributed by atoms with van der Waals surface area (Å²) in [5.41, 5.74) is 0.930. The maximum atomic E-state index is 11.8. The van der Waals surface area contributed by atoms with Crippen LogP contribution in [0, 0.1) is 0 Å². The lowest BCUT2D eigenvalue weighted by Gasteiger charge is -2.02. The minimum absolute atomic E-state index is 0.179. The predicted octanol–water partition coefficient (Wildman–Crippen LogP) is 4.06. The van der Waals surface area contributed by atoms with Crippen molar-refractivity contribution >= 4 is 33.5 Å². The fraction of sp³-hybridized carbons (Fsp3) is 0.133. The van der Waals surface area contributed by atoms with Gasteiger partial charge in [-0.05, 0) is 42.0 Å². The topological polar surface area (TPSA) is 37.3 Å². The summed E-state index contributed by atoms with van der Waals surface area (Å²) >= 11 is 4.92. The molecule has 0 atom stereocenters. The summed E-state index contributed by atoms with van der Waals surface area (Å²) in [6, 6.07) is 14.7. The number of thioether (sulfide) groups is 1. The van der Waals surface area contributed by atoms with Crippen molar-refractivity contribution in [3.63, 3.8) is 0 Å². The van der Waals surface area contributed by atoms with E-state index in [-0.39, 0.29) is 11.5 Å². The number of halogens is 1. The van der Waals surface area contributed by atoms with E-state index >= 15 is 0 Å². The van der Waals surface area contributed by atoms with E-state index in [0.717, 1.165) is 14.9 Å². The molecule has 0 aliphatic heterocycles. The zero-order chi connectivity index (χ0) is 13.7. The second kappa shape index (κ2) is 6.78. The van der Waals surface area contributed by atoms with Crippen molar-refractivity contribution in [2.45, 2.75) is 11.3 Å². The highest BCUT2D eigenvalue weighted by atomic mass is 79.9. The van der Waals surface area contributed by atoms with Gasteiger partial charge < -0.3 is 5.11 Å². The number of ketones is 1. The van der Waals surface area contributed by atoms with Gasteiger partial charge in [0.05, 0.1) is 5.75 Å². The minimum atomic E-state index is 0.179. The Morgan fingerprint density at radius 2 is 1.68 bits per heavy atom. The highest BCUT2D eigenvalue weighted by molar-refractivity contribution is 9.10. The molecule has 0 aliphatic carbocycles. The molecule has 4 heteroatoms. The van der Waals surface area contributed by atoms with Crippen LogP contribution in [0.15, 0.2) is 57.9 Å². The Morgan fingerprint density at radius 3 is 2.32 bits per heavy atom. The summed E-state index contributed by atoms with van der Waals surface area (Å²) in [5, 5.41) is 9.17. The zero-order valence-corrected chi connectivity index (χ0v) is 12.6. The Bertz CT molecular complexity index is 549. The molecule has 2 rings (SSSR count). The van der Waals surface area contributed by atoms with Crippen molar-refractivity contribution in [2.24, 2.45) is 0 Å². The van der Waals surface area contributed by atoms with Crippen molar-refractivity contribution in [3.05, 3.63) is 58.6 Å². The number of hydrogen-bond donors (Lipinski definition) is 1. The van der Waals surface area contributed by atoms with Crippen molar-refractivity contribution < 1.29 is 9.90 Å². The SMILES string of the molecule is O=C(CSc1ccc(Br)cc1)Cc1ccc(O)cc1. The summed E-state index contributed by atoms with van der Waals surface area (Å²) in [5.74, 6) is 0.863. The number of Topliss-reactive ketones (excluding diaryl/α,β-unsaturated/α-hetero) is 1. The lowest BCUT2D eigenvalue weighted by Crippen LogP contribution is -2.05. The van der Waals surface area contributed by atoms with E-state index < -0.39 is 0 Å². The van der Waals surface area contributed by atoms with Gasteiger partial charge in [0.25, 0.3) is 0 Å². The molecule has 0 heterocycles. The van der Waals surface area contributed by atoms with E-state index in [0.29, 0.717) is 12.2 Å². The molecule has 98 valence electrons. The Morgan fingerprint density at radius 1 is 1.05 bits per heavy atom. The van der Waals surface area contributed by atoms with E-state index in [1.54, 1.807) is 24.3 Å². The molecule has 2 aromatic rings. The zero-order valence-electron chi connectivity index (χ0n) is 10.2. The summed E-state index contributed by atoms with van der Waals surface area (Å²) in [6.45, 7) is 0. The van der Waals surface area contributed by atoms with Gasteiger partial charge in [-0.15, -0.1) is 11.8 Å². The number of hydrogen-bond acceptors (Lipinski definition) is 3. The van der Waals surface area contributed by atoms with Gasteiger partial charge in [-0.1, -0.05) is 28.1 Å². The molecule has 0 fully saturated rings. The van der Waals surface area contributed by atoms with Crippen molar-refractivity contribution in [1.82, 2.24) is 0 Å². The molecule has 2 aromatic carbocycles. The monoisotopic (exact) mass is 336 g/mol. The van der Waals surface area contributed by atoms with Crippen LogP contribution in [-0.2, 0) is 11.2 Å². The molecule has 0 aliphatic rings. The molecule has 0 unspecified atom stereocenters. The van der Waals surface area contributed by atoms with Gasteiger partial charge in [-0.3, -0.25) is 4.79 Å². The maximum absolute atomic E-state index is 11.8. The van der Waals surface area contributed by atoms with Crippen LogP contribution >= 0.6 is 27.7 Å². The first-order valence-corrected chi connectivity index (χ1v) is 7.59. The molecule has 19 heavy (non-hydrogen) atoms. The van der Waals surface area contributed by atoms with Gasteiger partial charge in [0.1, 0.15) is 11.5 Å². The Labute approximate surface area is 125 Å². The fourth-order valence-electron chi connectivity index (χ4n) is 1.59.